The van der Waals surface area contributed by atoms with Gasteiger partial charge >= 0.3 is 0 Å². The Labute approximate surface area is 133 Å². The van der Waals surface area contributed by atoms with Crippen molar-refractivity contribution in [3.05, 3.63) is 0 Å². The van der Waals surface area contributed by atoms with Crippen LogP contribution in [0.5, 0.6) is 0 Å². The van der Waals surface area contributed by atoms with Crippen LogP contribution in [0.25, 0.3) is 0 Å². The Balaban J connectivity index is 0. The second kappa shape index (κ2) is 15.5. The first-order valence-electron chi connectivity index (χ1n) is 6.53. The van der Waals surface area contributed by atoms with Crippen LogP contribution in [0, 0.1) is 0 Å². The van der Waals surface area contributed by atoms with Crippen molar-refractivity contribution in [2.24, 2.45) is 4.99 Å². The number of rotatable bonds is 9. The predicted molar refractivity (Wildman–Crippen MR) is 89.2 cm³/mol. The second-order valence-electron chi connectivity index (χ2n) is 3.72. The van der Waals surface area contributed by atoms with Crippen molar-refractivity contribution in [2.75, 3.05) is 39.9 Å². The van der Waals surface area contributed by atoms with E-state index in [9.17, 15) is 4.79 Å². The van der Waals surface area contributed by atoms with Crippen molar-refractivity contribution < 1.29 is 9.53 Å². The molecule has 0 spiro atoms. The molecule has 0 aromatic carbocycles. The van der Waals surface area contributed by atoms with Crippen LogP contribution in [-0.2, 0) is 9.53 Å². The highest BCUT2D eigenvalue weighted by molar-refractivity contribution is 14.0. The summed E-state index contributed by atoms with van der Waals surface area (Å²) in [6.45, 7) is 7.36. The van der Waals surface area contributed by atoms with E-state index in [0.29, 0.717) is 38.7 Å². The molecule has 0 heterocycles. The zero-order chi connectivity index (χ0) is 13.6. The SMILES string of the molecule is CCCNC(=O)CCNC(=NC)NCCOCC.I. The quantitative estimate of drug-likeness (QED) is 0.236. The first-order valence-corrected chi connectivity index (χ1v) is 6.53. The van der Waals surface area contributed by atoms with Crippen molar-refractivity contribution in [2.45, 2.75) is 26.7 Å². The van der Waals surface area contributed by atoms with Gasteiger partial charge in [0.1, 0.15) is 0 Å². The van der Waals surface area contributed by atoms with Gasteiger partial charge in [-0.1, -0.05) is 6.92 Å². The van der Waals surface area contributed by atoms with Crippen molar-refractivity contribution >= 4 is 35.8 Å². The van der Waals surface area contributed by atoms with Gasteiger partial charge in [-0.05, 0) is 13.3 Å². The lowest BCUT2D eigenvalue weighted by Crippen LogP contribution is -2.40. The normalized spacial score (nSPS) is 10.6. The van der Waals surface area contributed by atoms with E-state index in [1.165, 1.54) is 0 Å². The molecule has 114 valence electrons. The van der Waals surface area contributed by atoms with Crippen LogP contribution in [0.15, 0.2) is 4.99 Å². The van der Waals surface area contributed by atoms with Crippen LogP contribution >= 0.6 is 24.0 Å². The minimum Gasteiger partial charge on any atom is -0.380 e. The number of carbonyl (C=O) groups excluding carboxylic acids is 1. The molecule has 19 heavy (non-hydrogen) atoms. The van der Waals surface area contributed by atoms with Gasteiger partial charge < -0.3 is 20.7 Å². The van der Waals surface area contributed by atoms with E-state index < -0.39 is 0 Å². The van der Waals surface area contributed by atoms with E-state index in [4.69, 9.17) is 4.74 Å². The molecule has 0 aliphatic rings. The largest absolute Gasteiger partial charge is 0.380 e. The lowest BCUT2D eigenvalue weighted by atomic mass is 10.4. The van der Waals surface area contributed by atoms with Crippen LogP contribution in [0.1, 0.15) is 26.7 Å². The Kier molecular flexibility index (Phi) is 16.9. The van der Waals surface area contributed by atoms with Gasteiger partial charge in [0.15, 0.2) is 5.96 Å². The number of carbonyl (C=O) groups is 1. The Hall–Kier alpha value is -0.570. The first-order chi connectivity index (χ1) is 8.74. The number of amides is 1. The number of aliphatic imine (C=N–C) groups is 1. The summed E-state index contributed by atoms with van der Waals surface area (Å²) >= 11 is 0. The highest BCUT2D eigenvalue weighted by Gasteiger charge is 2.01. The molecule has 0 aliphatic heterocycles. The second-order valence-corrected chi connectivity index (χ2v) is 3.72. The van der Waals surface area contributed by atoms with Crippen LogP contribution < -0.4 is 16.0 Å². The molecule has 1 amide bonds. The zero-order valence-electron chi connectivity index (χ0n) is 12.1. The summed E-state index contributed by atoms with van der Waals surface area (Å²) in [7, 11) is 1.70. The molecule has 0 fully saturated rings. The van der Waals surface area contributed by atoms with Gasteiger partial charge in [0.05, 0.1) is 6.61 Å². The van der Waals surface area contributed by atoms with E-state index in [2.05, 4.69) is 20.9 Å². The van der Waals surface area contributed by atoms with Gasteiger partial charge in [0, 0.05) is 39.7 Å². The Bertz CT molecular complexity index is 250. The Morgan fingerprint density at radius 3 is 2.37 bits per heavy atom. The summed E-state index contributed by atoms with van der Waals surface area (Å²) in [6, 6.07) is 0. The lowest BCUT2D eigenvalue weighted by Gasteiger charge is -2.11. The van der Waals surface area contributed by atoms with E-state index >= 15 is 0 Å². The molecule has 0 aliphatic carbocycles. The summed E-state index contributed by atoms with van der Waals surface area (Å²) < 4.78 is 5.21. The van der Waals surface area contributed by atoms with Crippen molar-refractivity contribution in [1.29, 1.82) is 0 Å². The molecule has 0 radical (unpaired) electrons. The molecule has 0 unspecified atom stereocenters. The average molecular weight is 386 g/mol. The minimum atomic E-state index is 0. The maximum absolute atomic E-state index is 11.3. The first kappa shape index (κ1) is 20.7. The lowest BCUT2D eigenvalue weighted by molar-refractivity contribution is -0.120. The maximum Gasteiger partial charge on any atom is 0.221 e. The number of hydrogen-bond donors (Lipinski definition) is 3. The number of halogens is 1. The molecule has 6 nitrogen and oxygen atoms in total. The highest BCUT2D eigenvalue weighted by atomic mass is 127. The molecular formula is C12H27IN4O2. The molecule has 3 N–H and O–H groups in total. The monoisotopic (exact) mass is 386 g/mol. The van der Waals surface area contributed by atoms with E-state index in [0.717, 1.165) is 13.0 Å². The molecule has 0 bridgehead atoms. The number of nitrogens with one attached hydrogen (secondary N) is 3. The number of hydrogen-bond acceptors (Lipinski definition) is 3. The van der Waals surface area contributed by atoms with Crippen LogP contribution in [0.4, 0.5) is 0 Å². The van der Waals surface area contributed by atoms with E-state index in [-0.39, 0.29) is 29.9 Å². The zero-order valence-corrected chi connectivity index (χ0v) is 14.5. The molecule has 0 rings (SSSR count). The topological polar surface area (TPSA) is 74.8 Å². The van der Waals surface area contributed by atoms with Gasteiger partial charge in [-0.3, -0.25) is 9.79 Å². The third kappa shape index (κ3) is 13.7. The molecule has 0 aromatic heterocycles. The van der Waals surface area contributed by atoms with Gasteiger partial charge in [-0.15, -0.1) is 24.0 Å². The van der Waals surface area contributed by atoms with Crippen LogP contribution in [-0.4, -0.2) is 51.8 Å². The van der Waals surface area contributed by atoms with Gasteiger partial charge in [-0.2, -0.15) is 0 Å². The highest BCUT2D eigenvalue weighted by Crippen LogP contribution is 1.80. The van der Waals surface area contributed by atoms with Crippen molar-refractivity contribution in [3.63, 3.8) is 0 Å². The summed E-state index contributed by atoms with van der Waals surface area (Å²) in [5.41, 5.74) is 0. The molecule has 0 atom stereocenters. The van der Waals surface area contributed by atoms with Crippen molar-refractivity contribution in [1.82, 2.24) is 16.0 Å². The minimum absolute atomic E-state index is 0. The molecule has 0 saturated carbocycles. The maximum atomic E-state index is 11.3. The van der Waals surface area contributed by atoms with E-state index in [1.54, 1.807) is 7.05 Å². The molecular weight excluding hydrogens is 359 g/mol. The Morgan fingerprint density at radius 1 is 1.11 bits per heavy atom. The standard InChI is InChI=1S/C12H26N4O2.HI/c1-4-7-14-11(17)6-8-15-12(13-3)16-9-10-18-5-2;/h4-10H2,1-3H3,(H,14,17)(H2,13,15,16);1H. The van der Waals surface area contributed by atoms with Crippen molar-refractivity contribution in [3.8, 4) is 0 Å². The van der Waals surface area contributed by atoms with Crippen LogP contribution in [0.2, 0.25) is 0 Å². The fraction of sp³-hybridized carbons (Fsp3) is 0.833. The summed E-state index contributed by atoms with van der Waals surface area (Å²) in [5.74, 6) is 0.757. The fourth-order valence-electron chi connectivity index (χ4n) is 1.25. The summed E-state index contributed by atoms with van der Waals surface area (Å²) in [6.07, 6.45) is 1.41. The molecule has 0 saturated heterocycles. The third-order valence-corrected chi connectivity index (χ3v) is 2.18. The predicted octanol–water partition coefficient (Wildman–Crippen LogP) is 0.722. The molecule has 0 aromatic rings. The number of nitrogens with zero attached hydrogens (tertiary/aromatic N) is 1. The average Bonchev–Trinajstić information content (AvgIpc) is 2.39. The van der Waals surface area contributed by atoms with Gasteiger partial charge in [0.2, 0.25) is 5.91 Å². The molecule has 7 heteroatoms. The Morgan fingerprint density at radius 2 is 1.79 bits per heavy atom. The fourth-order valence-corrected chi connectivity index (χ4v) is 1.25. The number of guanidine groups is 1. The van der Waals surface area contributed by atoms with Gasteiger partial charge in [-0.25, -0.2) is 0 Å². The van der Waals surface area contributed by atoms with Gasteiger partial charge in [0.25, 0.3) is 0 Å². The van der Waals surface area contributed by atoms with Crippen LogP contribution in [0.3, 0.4) is 0 Å². The smallest absolute Gasteiger partial charge is 0.221 e. The third-order valence-electron chi connectivity index (χ3n) is 2.18. The summed E-state index contributed by atoms with van der Waals surface area (Å²) in [4.78, 5) is 15.4. The summed E-state index contributed by atoms with van der Waals surface area (Å²) in [5, 5.41) is 9.00. The number of ether oxygens (including phenoxy) is 1. The van der Waals surface area contributed by atoms with E-state index in [1.807, 2.05) is 13.8 Å².